The van der Waals surface area contributed by atoms with E-state index in [1.807, 2.05) is 38.3 Å². The Morgan fingerprint density at radius 1 is 1.12 bits per heavy atom. The standard InChI is InChI=1S/C19H24N2O3S2/c1-14-9-10-17(15(2)13-14)20-19(22)18(11-12-25-3)21-26(23,24)16-7-5-4-6-8-16/h4-10,13,18,21H,11-12H2,1-3H3,(H,20,22)/t18-/m1/s1. The number of hydrogen-bond acceptors (Lipinski definition) is 4. The van der Waals surface area contributed by atoms with Crippen molar-refractivity contribution < 1.29 is 13.2 Å². The van der Waals surface area contributed by atoms with Crippen LogP contribution in [-0.4, -0.2) is 32.4 Å². The van der Waals surface area contributed by atoms with Gasteiger partial charge in [0, 0.05) is 5.69 Å². The summed E-state index contributed by atoms with van der Waals surface area (Å²) in [6.07, 6.45) is 2.33. The summed E-state index contributed by atoms with van der Waals surface area (Å²) >= 11 is 1.57. The zero-order valence-corrected chi connectivity index (χ0v) is 16.8. The molecule has 2 aromatic rings. The predicted molar refractivity (Wildman–Crippen MR) is 108 cm³/mol. The maximum Gasteiger partial charge on any atom is 0.242 e. The molecule has 2 N–H and O–H groups in total. The van der Waals surface area contributed by atoms with E-state index in [-0.39, 0.29) is 10.8 Å². The van der Waals surface area contributed by atoms with Gasteiger partial charge in [-0.2, -0.15) is 16.5 Å². The minimum Gasteiger partial charge on any atom is -0.324 e. The first-order chi connectivity index (χ1) is 12.3. The molecule has 5 nitrogen and oxygen atoms in total. The summed E-state index contributed by atoms with van der Waals surface area (Å²) in [6.45, 7) is 3.89. The Kier molecular flexibility index (Phi) is 7.25. The van der Waals surface area contributed by atoms with Crippen LogP contribution in [0, 0.1) is 13.8 Å². The maximum absolute atomic E-state index is 12.7. The van der Waals surface area contributed by atoms with Crippen molar-refractivity contribution in [3.8, 4) is 0 Å². The topological polar surface area (TPSA) is 75.3 Å². The Morgan fingerprint density at radius 3 is 2.42 bits per heavy atom. The number of thioether (sulfide) groups is 1. The monoisotopic (exact) mass is 392 g/mol. The first kappa shape index (κ1) is 20.5. The van der Waals surface area contributed by atoms with Gasteiger partial charge in [0.1, 0.15) is 6.04 Å². The van der Waals surface area contributed by atoms with Crippen LogP contribution >= 0.6 is 11.8 Å². The highest BCUT2D eigenvalue weighted by atomic mass is 32.2. The maximum atomic E-state index is 12.7. The minimum absolute atomic E-state index is 0.147. The van der Waals surface area contributed by atoms with E-state index in [1.165, 1.54) is 12.1 Å². The number of hydrogen-bond donors (Lipinski definition) is 2. The highest BCUT2D eigenvalue weighted by Crippen LogP contribution is 2.17. The molecule has 0 aliphatic rings. The summed E-state index contributed by atoms with van der Waals surface area (Å²) in [7, 11) is -3.76. The SMILES string of the molecule is CSCC[C@@H](NS(=O)(=O)c1ccccc1)C(=O)Nc1ccc(C)cc1C. The molecule has 2 rings (SSSR count). The van der Waals surface area contributed by atoms with E-state index in [2.05, 4.69) is 10.0 Å². The fourth-order valence-electron chi connectivity index (χ4n) is 2.51. The highest BCUT2D eigenvalue weighted by molar-refractivity contribution is 7.98. The molecular formula is C19H24N2O3S2. The van der Waals surface area contributed by atoms with Crippen LogP contribution in [0.15, 0.2) is 53.4 Å². The Balaban J connectivity index is 2.19. The Morgan fingerprint density at radius 2 is 1.81 bits per heavy atom. The van der Waals surface area contributed by atoms with Gasteiger partial charge in [-0.3, -0.25) is 4.79 Å². The fraction of sp³-hybridized carbons (Fsp3) is 0.316. The average molecular weight is 393 g/mol. The van der Waals surface area contributed by atoms with Crippen LogP contribution in [0.1, 0.15) is 17.5 Å². The number of amides is 1. The number of sulfonamides is 1. The number of carbonyl (C=O) groups excluding carboxylic acids is 1. The van der Waals surface area contributed by atoms with Crippen molar-refractivity contribution in [2.45, 2.75) is 31.2 Å². The molecule has 0 bridgehead atoms. The highest BCUT2D eigenvalue weighted by Gasteiger charge is 2.25. The van der Waals surface area contributed by atoms with Crippen molar-refractivity contribution in [1.29, 1.82) is 0 Å². The molecule has 0 spiro atoms. The van der Waals surface area contributed by atoms with Crippen LogP contribution in [0.3, 0.4) is 0 Å². The van der Waals surface area contributed by atoms with Gasteiger partial charge in [-0.05, 0) is 56.0 Å². The van der Waals surface area contributed by atoms with Crippen LogP contribution in [0.4, 0.5) is 5.69 Å². The zero-order valence-electron chi connectivity index (χ0n) is 15.2. The lowest BCUT2D eigenvalue weighted by Crippen LogP contribution is -2.44. The molecular weight excluding hydrogens is 368 g/mol. The van der Waals surface area contributed by atoms with E-state index >= 15 is 0 Å². The Labute approximate surface area is 159 Å². The fourth-order valence-corrected chi connectivity index (χ4v) is 4.23. The Hall–Kier alpha value is -1.83. The first-order valence-corrected chi connectivity index (χ1v) is 11.2. The zero-order chi connectivity index (χ0) is 19.2. The number of carbonyl (C=O) groups is 1. The smallest absolute Gasteiger partial charge is 0.242 e. The largest absolute Gasteiger partial charge is 0.324 e. The van der Waals surface area contributed by atoms with Gasteiger partial charge in [-0.25, -0.2) is 8.42 Å². The lowest BCUT2D eigenvalue weighted by atomic mass is 10.1. The number of anilines is 1. The molecule has 26 heavy (non-hydrogen) atoms. The molecule has 0 aliphatic heterocycles. The number of benzene rings is 2. The van der Waals surface area contributed by atoms with E-state index < -0.39 is 16.1 Å². The molecule has 7 heteroatoms. The normalized spacial score (nSPS) is 12.6. The van der Waals surface area contributed by atoms with E-state index in [9.17, 15) is 13.2 Å². The number of aryl methyl sites for hydroxylation is 2. The van der Waals surface area contributed by atoms with Crippen molar-refractivity contribution in [2.75, 3.05) is 17.3 Å². The molecule has 0 fully saturated rings. The second-order valence-corrected chi connectivity index (χ2v) is 8.78. The van der Waals surface area contributed by atoms with Gasteiger partial charge >= 0.3 is 0 Å². The van der Waals surface area contributed by atoms with Crippen molar-refractivity contribution in [2.24, 2.45) is 0 Å². The third-order valence-corrected chi connectivity index (χ3v) is 6.05. The van der Waals surface area contributed by atoms with Crippen molar-refractivity contribution in [1.82, 2.24) is 4.72 Å². The van der Waals surface area contributed by atoms with Crippen LogP contribution in [0.2, 0.25) is 0 Å². The summed E-state index contributed by atoms with van der Waals surface area (Å²) < 4.78 is 27.7. The van der Waals surface area contributed by atoms with E-state index in [0.29, 0.717) is 17.9 Å². The average Bonchev–Trinajstić information content (AvgIpc) is 2.61. The van der Waals surface area contributed by atoms with E-state index in [4.69, 9.17) is 0 Å². The second kappa shape index (κ2) is 9.21. The van der Waals surface area contributed by atoms with Gasteiger partial charge in [0.25, 0.3) is 0 Å². The summed E-state index contributed by atoms with van der Waals surface area (Å²) in [5.41, 5.74) is 2.73. The van der Waals surface area contributed by atoms with Gasteiger partial charge in [-0.1, -0.05) is 35.9 Å². The number of nitrogens with one attached hydrogen (secondary N) is 2. The van der Waals surface area contributed by atoms with Crippen LogP contribution < -0.4 is 10.0 Å². The molecule has 0 heterocycles. The van der Waals surface area contributed by atoms with Crippen molar-refractivity contribution >= 4 is 33.4 Å². The summed E-state index contributed by atoms with van der Waals surface area (Å²) in [6, 6.07) is 13.0. The molecule has 1 atom stereocenters. The summed E-state index contributed by atoms with van der Waals surface area (Å²) in [5.74, 6) is 0.313. The van der Waals surface area contributed by atoms with Gasteiger partial charge < -0.3 is 5.32 Å². The third kappa shape index (κ3) is 5.59. The second-order valence-electron chi connectivity index (χ2n) is 6.08. The lowest BCUT2D eigenvalue weighted by Gasteiger charge is -2.19. The van der Waals surface area contributed by atoms with Crippen LogP contribution in [0.5, 0.6) is 0 Å². The molecule has 2 aromatic carbocycles. The third-order valence-electron chi connectivity index (χ3n) is 3.92. The van der Waals surface area contributed by atoms with Crippen molar-refractivity contribution in [3.05, 3.63) is 59.7 Å². The quantitative estimate of drug-likeness (QED) is 0.722. The van der Waals surface area contributed by atoms with Gasteiger partial charge in [0.05, 0.1) is 4.90 Å². The van der Waals surface area contributed by atoms with E-state index in [0.717, 1.165) is 11.1 Å². The molecule has 0 saturated heterocycles. The summed E-state index contributed by atoms with van der Waals surface area (Å²) in [5, 5.41) is 2.85. The van der Waals surface area contributed by atoms with Gasteiger partial charge in [0.15, 0.2) is 0 Å². The lowest BCUT2D eigenvalue weighted by molar-refractivity contribution is -0.117. The molecule has 0 unspecified atom stereocenters. The molecule has 0 radical (unpaired) electrons. The van der Waals surface area contributed by atoms with Gasteiger partial charge in [-0.15, -0.1) is 0 Å². The Bertz CT molecular complexity index is 852. The predicted octanol–water partition coefficient (Wildman–Crippen LogP) is 3.34. The molecule has 0 aliphatic carbocycles. The molecule has 140 valence electrons. The first-order valence-electron chi connectivity index (χ1n) is 8.28. The minimum atomic E-state index is -3.76. The van der Waals surface area contributed by atoms with Crippen LogP contribution in [-0.2, 0) is 14.8 Å². The number of rotatable bonds is 8. The summed E-state index contributed by atoms with van der Waals surface area (Å²) in [4.78, 5) is 12.9. The molecule has 0 saturated carbocycles. The van der Waals surface area contributed by atoms with Crippen molar-refractivity contribution in [3.63, 3.8) is 0 Å². The molecule has 0 aromatic heterocycles. The van der Waals surface area contributed by atoms with E-state index in [1.54, 1.807) is 30.0 Å². The van der Waals surface area contributed by atoms with Gasteiger partial charge in [0.2, 0.25) is 15.9 Å². The van der Waals surface area contributed by atoms with Crippen LogP contribution in [0.25, 0.3) is 0 Å². The molecule has 1 amide bonds.